The molecule has 6 heteroatoms. The Labute approximate surface area is 303 Å². The molecule has 0 spiro atoms. The molecule has 4 fully saturated rings. The fourth-order valence-electron chi connectivity index (χ4n) is 9.91. The number of hydrogen-bond acceptors (Lipinski definition) is 3. The van der Waals surface area contributed by atoms with E-state index < -0.39 is 12.5 Å². The summed E-state index contributed by atoms with van der Waals surface area (Å²) >= 11 is 16.2. The third kappa shape index (κ3) is 6.96. The van der Waals surface area contributed by atoms with Crippen molar-refractivity contribution in [2.75, 3.05) is 29.5 Å². The molecule has 2 unspecified atom stereocenters. The van der Waals surface area contributed by atoms with Crippen molar-refractivity contribution in [2.45, 2.75) is 147 Å². The standard InChI is InChI=1S/C42H59Cl2N2OP/c1-8-47-27-37-38(43)36(19-20-42(37,44)48(34-15-11-9-12-16-34)35-17-13-10-14-18-35)41-45(39-30(4)23-28(2)24-31(39)5)21-22-46(41)40-32(6)25-29(3)26-33(40)7/h23-27,34-35,38H,8-22H2,1-7H3. The molecule has 3 saturated carbocycles. The normalized spacial score (nSPS) is 25.5. The Balaban J connectivity index is 1.51. The molecule has 2 aromatic rings. The Hall–Kier alpha value is -1.67. The highest BCUT2D eigenvalue weighted by molar-refractivity contribution is 7.63. The van der Waals surface area contributed by atoms with Gasteiger partial charge in [-0.25, -0.2) is 0 Å². The molecule has 3 nitrogen and oxygen atoms in total. The molecule has 1 saturated heterocycles. The van der Waals surface area contributed by atoms with E-state index in [1.807, 2.05) is 6.26 Å². The quantitative estimate of drug-likeness (QED) is 0.162. The molecule has 0 radical (unpaired) electrons. The lowest BCUT2D eigenvalue weighted by molar-refractivity contribution is 0.263. The van der Waals surface area contributed by atoms with Crippen molar-refractivity contribution in [1.29, 1.82) is 0 Å². The van der Waals surface area contributed by atoms with Gasteiger partial charge in [-0.15, -0.1) is 23.2 Å². The Kier molecular flexibility index (Phi) is 11.5. The molecule has 4 aliphatic rings. The van der Waals surface area contributed by atoms with Gasteiger partial charge in [0, 0.05) is 30.0 Å². The molecule has 2 atom stereocenters. The molecule has 48 heavy (non-hydrogen) atoms. The molecule has 6 rings (SSSR count). The number of benzene rings is 2. The lowest BCUT2D eigenvalue weighted by Crippen LogP contribution is -2.42. The van der Waals surface area contributed by atoms with Crippen LogP contribution in [0.15, 0.2) is 47.5 Å². The number of rotatable bonds is 7. The number of anilines is 2. The first kappa shape index (κ1) is 36.1. The number of ether oxygens (including phenoxy) is 1. The maximum atomic E-state index is 8.27. The van der Waals surface area contributed by atoms with E-state index >= 15 is 0 Å². The number of hydrogen-bond donors (Lipinski definition) is 0. The van der Waals surface area contributed by atoms with E-state index in [1.54, 1.807) is 0 Å². The molecule has 1 aliphatic heterocycles. The van der Waals surface area contributed by atoms with Gasteiger partial charge in [0.15, 0.2) is 0 Å². The van der Waals surface area contributed by atoms with Gasteiger partial charge in [-0.05, 0) is 126 Å². The fraction of sp³-hybridized carbons (Fsp3) is 0.619. The van der Waals surface area contributed by atoms with Crippen LogP contribution in [0.1, 0.15) is 117 Å². The summed E-state index contributed by atoms with van der Waals surface area (Å²) in [7, 11) is -0.466. The van der Waals surface area contributed by atoms with Crippen LogP contribution in [0.5, 0.6) is 0 Å². The molecule has 3 aliphatic carbocycles. The number of alkyl halides is 2. The maximum Gasteiger partial charge on any atom is 0.114 e. The fourth-order valence-corrected chi connectivity index (χ4v) is 16.0. The molecule has 2 aromatic carbocycles. The average molecular weight is 710 g/mol. The maximum absolute atomic E-state index is 8.27. The van der Waals surface area contributed by atoms with Crippen molar-refractivity contribution >= 4 is 42.5 Å². The van der Waals surface area contributed by atoms with Crippen molar-refractivity contribution in [1.82, 2.24) is 0 Å². The van der Waals surface area contributed by atoms with Gasteiger partial charge in [0.05, 0.1) is 22.9 Å². The largest absolute Gasteiger partial charge is 0.501 e. The first-order chi connectivity index (χ1) is 23.0. The van der Waals surface area contributed by atoms with E-state index in [2.05, 4.69) is 82.5 Å². The van der Waals surface area contributed by atoms with Crippen molar-refractivity contribution in [3.63, 3.8) is 0 Å². The van der Waals surface area contributed by atoms with Crippen LogP contribution in [0.4, 0.5) is 11.4 Å². The lowest BCUT2D eigenvalue weighted by atomic mass is 9.88. The highest BCUT2D eigenvalue weighted by Crippen LogP contribution is 2.71. The van der Waals surface area contributed by atoms with E-state index in [9.17, 15) is 0 Å². The van der Waals surface area contributed by atoms with Gasteiger partial charge < -0.3 is 14.5 Å². The van der Waals surface area contributed by atoms with E-state index in [0.29, 0.717) is 6.61 Å². The first-order valence-electron chi connectivity index (χ1n) is 18.9. The van der Waals surface area contributed by atoms with Crippen LogP contribution >= 0.6 is 31.1 Å². The van der Waals surface area contributed by atoms with Crippen LogP contribution in [0, 0.1) is 41.5 Å². The van der Waals surface area contributed by atoms with E-state index in [0.717, 1.165) is 42.8 Å². The van der Waals surface area contributed by atoms with Gasteiger partial charge in [0.2, 0.25) is 0 Å². The Morgan fingerprint density at radius 2 is 1.19 bits per heavy atom. The van der Waals surface area contributed by atoms with E-state index in [4.69, 9.17) is 27.9 Å². The van der Waals surface area contributed by atoms with Crippen molar-refractivity contribution in [2.24, 2.45) is 0 Å². The Morgan fingerprint density at radius 1 is 0.750 bits per heavy atom. The minimum atomic E-state index is -0.466. The molecule has 0 amide bonds. The van der Waals surface area contributed by atoms with Crippen LogP contribution in [-0.4, -0.2) is 41.0 Å². The summed E-state index contributed by atoms with van der Waals surface area (Å²) in [6, 6.07) is 9.34. The Morgan fingerprint density at radius 3 is 1.60 bits per heavy atom. The molecular formula is C42H59Cl2N2OP. The summed E-state index contributed by atoms with van der Waals surface area (Å²) < 4.78 is 5.80. The SMILES string of the molecule is CCOC=C1C(Cl)C(=C2N(c3c(C)cc(C)cc3C)CCN2c2c(C)cc(C)cc2C)CCC1(Cl)P(C1CCCCC1)C1CCCCC1. The topological polar surface area (TPSA) is 15.7 Å². The summed E-state index contributed by atoms with van der Waals surface area (Å²) in [4.78, 5) is 5.19. The molecule has 1 heterocycles. The summed E-state index contributed by atoms with van der Waals surface area (Å²) in [5, 5.41) is -0.310. The smallest absolute Gasteiger partial charge is 0.114 e. The number of allylic oxidation sites excluding steroid dienone is 2. The third-order valence-corrected chi connectivity index (χ3v) is 17.0. The van der Waals surface area contributed by atoms with E-state index in [-0.39, 0.29) is 5.38 Å². The van der Waals surface area contributed by atoms with Crippen molar-refractivity contribution < 1.29 is 4.74 Å². The second-order valence-corrected chi connectivity index (χ2v) is 19.7. The first-order valence-corrected chi connectivity index (χ1v) is 21.2. The number of aryl methyl sites for hydroxylation is 6. The second kappa shape index (κ2) is 15.3. The van der Waals surface area contributed by atoms with Gasteiger partial charge in [-0.2, -0.15) is 0 Å². The van der Waals surface area contributed by atoms with Gasteiger partial charge in [0.1, 0.15) is 5.82 Å². The minimum absolute atomic E-state index is 0.310. The number of halogens is 2. The van der Waals surface area contributed by atoms with Gasteiger partial charge >= 0.3 is 0 Å². The number of nitrogens with zero attached hydrogens (tertiary/aromatic N) is 2. The van der Waals surface area contributed by atoms with Crippen LogP contribution < -0.4 is 9.80 Å². The average Bonchev–Trinajstić information content (AvgIpc) is 3.44. The monoisotopic (exact) mass is 708 g/mol. The van der Waals surface area contributed by atoms with Crippen LogP contribution in [0.2, 0.25) is 0 Å². The summed E-state index contributed by atoms with van der Waals surface area (Å²) in [5.74, 6) is 1.26. The molecule has 0 N–H and O–H groups in total. The third-order valence-electron chi connectivity index (χ3n) is 11.6. The zero-order valence-electron chi connectivity index (χ0n) is 30.7. The molecule has 0 aromatic heterocycles. The van der Waals surface area contributed by atoms with Gasteiger partial charge in [-0.1, -0.05) is 81.8 Å². The second-order valence-electron chi connectivity index (χ2n) is 15.3. The lowest BCUT2D eigenvalue weighted by Gasteiger charge is -2.51. The van der Waals surface area contributed by atoms with Gasteiger partial charge in [0.25, 0.3) is 0 Å². The summed E-state index contributed by atoms with van der Waals surface area (Å²) in [6.07, 6.45) is 17.3. The van der Waals surface area contributed by atoms with Crippen LogP contribution in [0.3, 0.4) is 0 Å². The minimum Gasteiger partial charge on any atom is -0.501 e. The highest BCUT2D eigenvalue weighted by atomic mass is 35.5. The van der Waals surface area contributed by atoms with Crippen molar-refractivity contribution in [3.8, 4) is 0 Å². The predicted octanol–water partition coefficient (Wildman–Crippen LogP) is 12.5. The van der Waals surface area contributed by atoms with Crippen LogP contribution in [-0.2, 0) is 4.74 Å². The van der Waals surface area contributed by atoms with Gasteiger partial charge in [-0.3, -0.25) is 0 Å². The summed E-state index contributed by atoms with van der Waals surface area (Å²) in [6.45, 7) is 18.0. The molecule has 262 valence electrons. The molecular weight excluding hydrogens is 650 g/mol. The van der Waals surface area contributed by atoms with Crippen molar-refractivity contribution in [3.05, 3.63) is 80.9 Å². The zero-order valence-corrected chi connectivity index (χ0v) is 33.1. The predicted molar refractivity (Wildman–Crippen MR) is 211 cm³/mol. The Bertz CT molecular complexity index is 1410. The zero-order chi connectivity index (χ0) is 34.2. The highest BCUT2D eigenvalue weighted by Gasteiger charge is 2.53. The van der Waals surface area contributed by atoms with Crippen LogP contribution in [0.25, 0.3) is 0 Å². The summed E-state index contributed by atoms with van der Waals surface area (Å²) in [5.41, 5.74) is 14.5. The van der Waals surface area contributed by atoms with E-state index in [1.165, 1.54) is 120 Å². The molecule has 0 bridgehead atoms.